The quantitative estimate of drug-likeness (QED) is 0.0975. The zero-order valence-electron chi connectivity index (χ0n) is 25.4. The van der Waals surface area contributed by atoms with E-state index in [9.17, 15) is 38.6 Å². The summed E-state index contributed by atoms with van der Waals surface area (Å²) in [6, 6.07) is 12.9. The maximum Gasteiger partial charge on any atom is 0.282 e. The lowest BCUT2D eigenvalue weighted by Crippen LogP contribution is -2.11. The molecule has 0 aliphatic carbocycles. The van der Waals surface area contributed by atoms with Gasteiger partial charge in [0.1, 0.15) is 40.3 Å². The number of ether oxygens (including phenoxy) is 4. The van der Waals surface area contributed by atoms with Crippen LogP contribution in [0.5, 0.6) is 23.0 Å². The van der Waals surface area contributed by atoms with Crippen LogP contribution >= 0.6 is 15.9 Å². The third-order valence-electron chi connectivity index (χ3n) is 6.06. The van der Waals surface area contributed by atoms with Crippen molar-refractivity contribution in [1.82, 2.24) is 0 Å². The van der Waals surface area contributed by atoms with Crippen molar-refractivity contribution in [3.05, 3.63) is 108 Å². The summed E-state index contributed by atoms with van der Waals surface area (Å²) in [7, 11) is 5.86. The van der Waals surface area contributed by atoms with Gasteiger partial charge in [0.25, 0.3) is 11.4 Å². The Labute approximate surface area is 278 Å². The van der Waals surface area contributed by atoms with Gasteiger partial charge in [0, 0.05) is 29.8 Å². The Balaban J connectivity index is 0.000000266. The van der Waals surface area contributed by atoms with Gasteiger partial charge in [-0.3, -0.25) is 40.2 Å². The van der Waals surface area contributed by atoms with Gasteiger partial charge in [-0.25, -0.2) is 8.78 Å². The SMILES string of the molecule is COc1cc(OC)cc(-c2cc(C=O)c([N+](=O)[O-])cc2F)c1.COc1cc(OC)cc(N(O)O)c1.O=Cc1cc(Br)c(F)cc1[N+](=O)[O-]. The molecule has 18 heteroatoms. The molecule has 0 unspecified atom stereocenters. The highest BCUT2D eigenvalue weighted by Gasteiger charge is 2.20. The zero-order valence-corrected chi connectivity index (χ0v) is 27.0. The molecule has 4 rings (SSSR count). The van der Waals surface area contributed by atoms with E-state index >= 15 is 0 Å². The van der Waals surface area contributed by atoms with Crippen molar-refractivity contribution in [2.45, 2.75) is 0 Å². The van der Waals surface area contributed by atoms with Crippen molar-refractivity contribution >= 4 is 45.6 Å². The Hall–Kier alpha value is -5.72. The smallest absolute Gasteiger partial charge is 0.282 e. The van der Waals surface area contributed by atoms with E-state index in [4.69, 9.17) is 29.4 Å². The van der Waals surface area contributed by atoms with E-state index in [1.165, 1.54) is 40.6 Å². The van der Waals surface area contributed by atoms with Gasteiger partial charge in [-0.1, -0.05) is 0 Å². The molecule has 4 aromatic rings. The van der Waals surface area contributed by atoms with Crippen LogP contribution in [-0.2, 0) is 0 Å². The topological polar surface area (TPSA) is 201 Å². The van der Waals surface area contributed by atoms with Crippen LogP contribution in [0.3, 0.4) is 0 Å². The molecule has 0 radical (unpaired) electrons. The van der Waals surface area contributed by atoms with E-state index in [2.05, 4.69) is 15.9 Å². The highest BCUT2D eigenvalue weighted by atomic mass is 79.9. The number of halogens is 3. The van der Waals surface area contributed by atoms with Crippen LogP contribution in [0.4, 0.5) is 25.8 Å². The first-order valence-electron chi connectivity index (χ1n) is 12.9. The molecule has 48 heavy (non-hydrogen) atoms. The molecule has 254 valence electrons. The van der Waals surface area contributed by atoms with E-state index in [1.807, 2.05) is 0 Å². The molecule has 2 N–H and O–H groups in total. The van der Waals surface area contributed by atoms with Crippen LogP contribution in [0, 0.1) is 31.9 Å². The van der Waals surface area contributed by atoms with E-state index < -0.39 is 32.9 Å². The molecule has 0 bridgehead atoms. The molecule has 0 aliphatic heterocycles. The lowest BCUT2D eigenvalue weighted by Gasteiger charge is -2.11. The molecule has 4 aromatic carbocycles. The van der Waals surface area contributed by atoms with Crippen LogP contribution in [0.25, 0.3) is 11.1 Å². The number of nitrogens with zero attached hydrogens (tertiary/aromatic N) is 3. The fourth-order valence-electron chi connectivity index (χ4n) is 3.73. The molecule has 0 atom stereocenters. The van der Waals surface area contributed by atoms with Gasteiger partial charge in [0.2, 0.25) is 0 Å². The standard InChI is InChI=1S/C15H12FNO5.C8H11NO4.C7H3BrFNO3/c1-21-11-3-9(4-12(6-11)22-2)13-5-10(8-18)15(17(19)20)7-14(13)16;1-12-7-3-6(9(10)11)4-8(5-7)13-2;8-5-1-4(3-11)7(10(12)13)2-6(5)9/h3-8H,1-2H3;3-5,10-11H,1-2H3;1-3H. The van der Waals surface area contributed by atoms with Crippen LogP contribution in [0.1, 0.15) is 20.7 Å². The van der Waals surface area contributed by atoms with Crippen molar-refractivity contribution in [1.29, 1.82) is 0 Å². The van der Waals surface area contributed by atoms with Crippen LogP contribution in [0.2, 0.25) is 0 Å². The number of hydrogen-bond acceptors (Lipinski definition) is 13. The van der Waals surface area contributed by atoms with Gasteiger partial charge < -0.3 is 18.9 Å². The molecular weight excluding hydrogens is 712 g/mol. The third kappa shape index (κ3) is 10.1. The average Bonchev–Trinajstić information content (AvgIpc) is 3.08. The van der Waals surface area contributed by atoms with Crippen molar-refractivity contribution in [2.75, 3.05) is 33.7 Å². The average molecular weight is 738 g/mol. The van der Waals surface area contributed by atoms with Gasteiger partial charge in [-0.05, 0) is 45.8 Å². The predicted octanol–water partition coefficient (Wildman–Crippen LogP) is 6.83. The number of rotatable bonds is 10. The molecule has 0 saturated carbocycles. The first-order valence-corrected chi connectivity index (χ1v) is 13.7. The monoisotopic (exact) mass is 737 g/mol. The highest BCUT2D eigenvalue weighted by molar-refractivity contribution is 9.10. The second-order valence-electron chi connectivity index (χ2n) is 8.93. The summed E-state index contributed by atoms with van der Waals surface area (Å²) in [5.74, 6) is 0.259. The Morgan fingerprint density at radius 3 is 1.44 bits per heavy atom. The lowest BCUT2D eigenvalue weighted by atomic mass is 10.0. The maximum absolute atomic E-state index is 14.2. The summed E-state index contributed by atoms with van der Waals surface area (Å²) in [5.41, 5.74) is -0.865. The summed E-state index contributed by atoms with van der Waals surface area (Å²) in [6.07, 6.45) is 0.626. The van der Waals surface area contributed by atoms with E-state index in [-0.39, 0.29) is 32.1 Å². The molecule has 0 saturated heterocycles. The normalized spacial score (nSPS) is 9.85. The molecule has 15 nitrogen and oxygen atoms in total. The van der Waals surface area contributed by atoms with Crippen molar-refractivity contribution in [3.8, 4) is 34.1 Å². The highest BCUT2D eigenvalue weighted by Crippen LogP contribution is 2.34. The zero-order chi connectivity index (χ0) is 36.1. The molecule has 0 aromatic heterocycles. The molecule has 0 spiro atoms. The number of benzene rings is 4. The fraction of sp³-hybridized carbons (Fsp3) is 0.133. The van der Waals surface area contributed by atoms with Gasteiger partial charge in [0.05, 0.1) is 66.0 Å². The van der Waals surface area contributed by atoms with Gasteiger partial charge >= 0.3 is 0 Å². The van der Waals surface area contributed by atoms with Gasteiger partial charge in [-0.15, -0.1) is 5.23 Å². The minimum absolute atomic E-state index is 0.00500. The van der Waals surface area contributed by atoms with Crippen LogP contribution < -0.4 is 24.2 Å². The number of methoxy groups -OCH3 is 4. The summed E-state index contributed by atoms with van der Waals surface area (Å²) < 4.78 is 47.0. The molecule has 0 heterocycles. The number of anilines is 1. The third-order valence-corrected chi connectivity index (χ3v) is 6.67. The van der Waals surface area contributed by atoms with Crippen molar-refractivity contribution < 1.29 is 57.6 Å². The van der Waals surface area contributed by atoms with E-state index in [1.54, 1.807) is 24.3 Å². The number of carbonyl (C=O) groups excluding carboxylic acids is 2. The maximum atomic E-state index is 14.2. The molecule has 0 fully saturated rings. The molecule has 0 aliphatic rings. The van der Waals surface area contributed by atoms with Crippen molar-refractivity contribution in [2.24, 2.45) is 0 Å². The van der Waals surface area contributed by atoms with E-state index in [0.29, 0.717) is 47.2 Å². The number of carbonyl (C=O) groups is 2. The Bertz CT molecular complexity index is 1760. The first kappa shape index (κ1) is 38.5. The van der Waals surface area contributed by atoms with Gasteiger partial charge in [-0.2, -0.15) is 0 Å². The molecular formula is C30H26BrF2N3O12. The lowest BCUT2D eigenvalue weighted by molar-refractivity contribution is -0.385. The predicted molar refractivity (Wildman–Crippen MR) is 169 cm³/mol. The number of nitro benzene ring substituents is 2. The second kappa shape index (κ2) is 17.8. The molecule has 0 amide bonds. The number of nitro groups is 2. The Morgan fingerprint density at radius 2 is 1.06 bits per heavy atom. The minimum atomic E-state index is -0.812. The van der Waals surface area contributed by atoms with Crippen LogP contribution in [0.15, 0.2) is 65.1 Å². The number of hydrogen-bond donors (Lipinski definition) is 2. The largest absolute Gasteiger partial charge is 0.497 e. The minimum Gasteiger partial charge on any atom is -0.497 e. The summed E-state index contributed by atoms with van der Waals surface area (Å²) >= 11 is 2.81. The fourth-order valence-corrected chi connectivity index (χ4v) is 4.09. The van der Waals surface area contributed by atoms with Crippen molar-refractivity contribution in [3.63, 3.8) is 0 Å². The summed E-state index contributed by atoms with van der Waals surface area (Å²) in [6.45, 7) is 0. The summed E-state index contributed by atoms with van der Waals surface area (Å²) in [4.78, 5) is 40.9. The Morgan fingerprint density at radius 1 is 0.667 bits per heavy atom. The summed E-state index contributed by atoms with van der Waals surface area (Å²) in [5, 5.41) is 38.6. The van der Waals surface area contributed by atoms with E-state index in [0.717, 1.165) is 18.2 Å². The number of aldehydes is 2. The first-order chi connectivity index (χ1) is 22.7. The Kier molecular flexibility index (Phi) is 14.3. The van der Waals surface area contributed by atoms with Crippen LogP contribution in [-0.4, -0.2) is 61.3 Å². The second-order valence-corrected chi connectivity index (χ2v) is 9.78. The van der Waals surface area contributed by atoms with Gasteiger partial charge in [0.15, 0.2) is 12.6 Å².